The third-order valence-corrected chi connectivity index (χ3v) is 5.91. The monoisotopic (exact) mass is 351 g/mol. The zero-order valence-electron chi connectivity index (χ0n) is 14.8. The normalized spacial score (nSPS) is 28.0. The van der Waals surface area contributed by atoms with Crippen molar-refractivity contribution < 1.29 is 19.5 Å². The molecule has 1 aliphatic carbocycles. The second-order valence-corrected chi connectivity index (χ2v) is 7.64. The third kappa shape index (κ3) is 4.44. The molecule has 3 fully saturated rings. The molecule has 0 aromatic rings. The van der Waals surface area contributed by atoms with Crippen molar-refractivity contribution in [2.45, 2.75) is 57.4 Å². The Morgan fingerprint density at radius 1 is 0.800 bits per heavy atom. The topological polar surface area (TPSA) is 90.0 Å². The first-order valence-electron chi connectivity index (χ1n) is 9.61. The van der Waals surface area contributed by atoms with Crippen molar-refractivity contribution in [2.75, 3.05) is 26.2 Å². The van der Waals surface area contributed by atoms with Gasteiger partial charge in [0, 0.05) is 38.1 Å². The zero-order chi connectivity index (χ0) is 17.8. The number of urea groups is 1. The number of carbonyl (C=O) groups excluding carboxylic acids is 2. The maximum Gasteiger partial charge on any atom is 0.317 e. The van der Waals surface area contributed by atoms with Gasteiger partial charge in [0.1, 0.15) is 0 Å². The van der Waals surface area contributed by atoms with Gasteiger partial charge in [-0.2, -0.15) is 0 Å². The molecule has 0 aromatic carbocycles. The first-order chi connectivity index (χ1) is 12.0. The maximum atomic E-state index is 12.6. The van der Waals surface area contributed by atoms with Gasteiger partial charge in [-0.15, -0.1) is 0 Å². The molecule has 1 saturated carbocycles. The summed E-state index contributed by atoms with van der Waals surface area (Å²) >= 11 is 0. The SMILES string of the molecule is O=C(O)C1CCN(C(=O)N[C@H]2CC[C@@H](C(=O)N3CCCCC3)C2)CC1. The van der Waals surface area contributed by atoms with Crippen LogP contribution in [0, 0.1) is 11.8 Å². The molecule has 2 N–H and O–H groups in total. The van der Waals surface area contributed by atoms with E-state index in [0.717, 1.165) is 45.2 Å². The van der Waals surface area contributed by atoms with Gasteiger partial charge in [-0.1, -0.05) is 0 Å². The van der Waals surface area contributed by atoms with E-state index >= 15 is 0 Å². The molecule has 2 saturated heterocycles. The van der Waals surface area contributed by atoms with Crippen LogP contribution >= 0.6 is 0 Å². The number of piperidine rings is 2. The largest absolute Gasteiger partial charge is 0.481 e. The van der Waals surface area contributed by atoms with Gasteiger partial charge in [-0.25, -0.2) is 4.79 Å². The molecule has 7 nitrogen and oxygen atoms in total. The highest BCUT2D eigenvalue weighted by atomic mass is 16.4. The number of nitrogens with zero attached hydrogens (tertiary/aromatic N) is 2. The maximum absolute atomic E-state index is 12.6. The first-order valence-corrected chi connectivity index (χ1v) is 9.61. The molecule has 0 aromatic heterocycles. The van der Waals surface area contributed by atoms with Gasteiger partial charge < -0.3 is 20.2 Å². The molecule has 0 bridgehead atoms. The Bertz CT molecular complexity index is 510. The summed E-state index contributed by atoms with van der Waals surface area (Å²) in [6.07, 6.45) is 6.88. The van der Waals surface area contributed by atoms with Crippen molar-refractivity contribution in [3.05, 3.63) is 0 Å². The molecule has 0 unspecified atom stereocenters. The van der Waals surface area contributed by atoms with Gasteiger partial charge in [0.2, 0.25) is 5.91 Å². The van der Waals surface area contributed by atoms with Gasteiger partial charge >= 0.3 is 12.0 Å². The fraction of sp³-hybridized carbons (Fsp3) is 0.833. The smallest absolute Gasteiger partial charge is 0.317 e. The number of carbonyl (C=O) groups is 3. The van der Waals surface area contributed by atoms with Crippen LogP contribution in [0.3, 0.4) is 0 Å². The Morgan fingerprint density at radius 3 is 2.12 bits per heavy atom. The van der Waals surface area contributed by atoms with Crippen molar-refractivity contribution in [1.29, 1.82) is 0 Å². The number of hydrogen-bond donors (Lipinski definition) is 2. The van der Waals surface area contributed by atoms with E-state index in [1.54, 1.807) is 4.90 Å². The number of amides is 3. The lowest BCUT2D eigenvalue weighted by molar-refractivity contribution is -0.143. The minimum absolute atomic E-state index is 0.0427. The highest BCUT2D eigenvalue weighted by molar-refractivity contribution is 5.80. The van der Waals surface area contributed by atoms with E-state index in [4.69, 9.17) is 5.11 Å². The van der Waals surface area contributed by atoms with Gasteiger partial charge in [0.05, 0.1) is 5.92 Å². The fourth-order valence-electron chi connectivity index (χ4n) is 4.30. The number of hydrogen-bond acceptors (Lipinski definition) is 3. The molecule has 140 valence electrons. The Hall–Kier alpha value is -1.79. The van der Waals surface area contributed by atoms with E-state index in [2.05, 4.69) is 5.32 Å². The van der Waals surface area contributed by atoms with Crippen LogP contribution in [0.1, 0.15) is 51.4 Å². The molecule has 3 aliphatic rings. The number of nitrogens with one attached hydrogen (secondary N) is 1. The Balaban J connectivity index is 1.42. The average molecular weight is 351 g/mol. The molecule has 3 amide bonds. The van der Waals surface area contributed by atoms with Crippen LogP contribution in [0.2, 0.25) is 0 Å². The molecular formula is C18H29N3O4. The van der Waals surface area contributed by atoms with Crippen LogP contribution in [0.25, 0.3) is 0 Å². The summed E-state index contributed by atoms with van der Waals surface area (Å²) in [5.41, 5.74) is 0. The van der Waals surface area contributed by atoms with Gasteiger partial charge in [0.15, 0.2) is 0 Å². The second kappa shape index (κ2) is 8.06. The molecule has 2 aliphatic heterocycles. The van der Waals surface area contributed by atoms with E-state index < -0.39 is 5.97 Å². The molecule has 0 spiro atoms. The predicted molar refractivity (Wildman–Crippen MR) is 92.0 cm³/mol. The molecule has 2 atom stereocenters. The zero-order valence-corrected chi connectivity index (χ0v) is 14.8. The van der Waals surface area contributed by atoms with E-state index in [1.807, 2.05) is 4.90 Å². The van der Waals surface area contributed by atoms with Crippen molar-refractivity contribution in [3.63, 3.8) is 0 Å². The van der Waals surface area contributed by atoms with Crippen molar-refractivity contribution in [3.8, 4) is 0 Å². The summed E-state index contributed by atoms with van der Waals surface area (Å²) in [7, 11) is 0. The summed E-state index contributed by atoms with van der Waals surface area (Å²) in [6.45, 7) is 2.74. The predicted octanol–water partition coefficient (Wildman–Crippen LogP) is 1.67. The summed E-state index contributed by atoms with van der Waals surface area (Å²) < 4.78 is 0. The van der Waals surface area contributed by atoms with Crippen LogP contribution < -0.4 is 5.32 Å². The summed E-state index contributed by atoms with van der Waals surface area (Å²) in [6, 6.07) is -0.0525. The minimum atomic E-state index is -0.769. The standard InChI is InChI=1S/C18H29N3O4/c22-16(20-8-2-1-3-9-20)14-4-5-15(12-14)19-18(25)21-10-6-13(7-11-21)17(23)24/h13-15H,1-12H2,(H,19,25)(H,23,24)/t14-,15+/m1/s1. The molecule has 7 heteroatoms. The fourth-order valence-corrected chi connectivity index (χ4v) is 4.30. The summed E-state index contributed by atoms with van der Waals surface area (Å²) in [5, 5.41) is 12.1. The quantitative estimate of drug-likeness (QED) is 0.809. The number of carboxylic acids is 1. The highest BCUT2D eigenvalue weighted by Gasteiger charge is 2.35. The Kier molecular flexibility index (Phi) is 5.81. The molecule has 3 rings (SSSR count). The molecular weight excluding hydrogens is 322 g/mol. The Morgan fingerprint density at radius 2 is 1.48 bits per heavy atom. The second-order valence-electron chi connectivity index (χ2n) is 7.64. The lowest BCUT2D eigenvalue weighted by Gasteiger charge is -2.31. The van der Waals surface area contributed by atoms with Crippen molar-refractivity contribution >= 4 is 17.9 Å². The summed E-state index contributed by atoms with van der Waals surface area (Å²) in [5.74, 6) is -0.795. The van der Waals surface area contributed by atoms with Crippen LogP contribution in [0.4, 0.5) is 4.79 Å². The average Bonchev–Trinajstić information content (AvgIpc) is 3.10. The lowest BCUT2D eigenvalue weighted by Crippen LogP contribution is -2.48. The van der Waals surface area contributed by atoms with Crippen LogP contribution in [0.15, 0.2) is 0 Å². The van der Waals surface area contributed by atoms with Crippen LogP contribution in [-0.4, -0.2) is 65.0 Å². The third-order valence-electron chi connectivity index (χ3n) is 5.91. The molecule has 0 radical (unpaired) electrons. The van der Waals surface area contributed by atoms with Gasteiger partial charge in [0.25, 0.3) is 0 Å². The van der Waals surface area contributed by atoms with E-state index in [9.17, 15) is 14.4 Å². The lowest BCUT2D eigenvalue weighted by atomic mass is 9.97. The van der Waals surface area contributed by atoms with Gasteiger partial charge in [-0.3, -0.25) is 9.59 Å². The van der Waals surface area contributed by atoms with E-state index in [1.165, 1.54) is 6.42 Å². The van der Waals surface area contributed by atoms with Crippen molar-refractivity contribution in [2.24, 2.45) is 11.8 Å². The van der Waals surface area contributed by atoms with Crippen molar-refractivity contribution in [1.82, 2.24) is 15.1 Å². The molecule has 25 heavy (non-hydrogen) atoms. The number of aliphatic carboxylic acids is 1. The molecule has 2 heterocycles. The number of rotatable bonds is 3. The summed E-state index contributed by atoms with van der Waals surface area (Å²) in [4.78, 5) is 39.6. The minimum Gasteiger partial charge on any atom is -0.481 e. The Labute approximate surface area is 148 Å². The van der Waals surface area contributed by atoms with E-state index in [-0.39, 0.29) is 29.8 Å². The van der Waals surface area contributed by atoms with Crippen LogP contribution in [0.5, 0.6) is 0 Å². The number of likely N-dealkylation sites (tertiary alicyclic amines) is 2. The number of carboxylic acid groups (broad SMARTS) is 1. The van der Waals surface area contributed by atoms with Gasteiger partial charge in [-0.05, 0) is 51.4 Å². The van der Waals surface area contributed by atoms with Crippen LogP contribution in [-0.2, 0) is 9.59 Å². The first kappa shape index (κ1) is 18.0. The van der Waals surface area contributed by atoms with E-state index in [0.29, 0.717) is 25.9 Å². The highest BCUT2D eigenvalue weighted by Crippen LogP contribution is 2.29.